The summed E-state index contributed by atoms with van der Waals surface area (Å²) in [5, 5.41) is 0. The maximum absolute atomic E-state index is 6.73. The van der Waals surface area contributed by atoms with E-state index in [9.17, 15) is 0 Å². The lowest BCUT2D eigenvalue weighted by Gasteiger charge is -2.36. The van der Waals surface area contributed by atoms with Crippen LogP contribution in [0.3, 0.4) is 0 Å². The molecule has 1 nitrogen and oxygen atoms in total. The first kappa shape index (κ1) is 13.8. The van der Waals surface area contributed by atoms with Gasteiger partial charge in [-0.2, -0.15) is 0 Å². The van der Waals surface area contributed by atoms with Crippen LogP contribution in [0.15, 0.2) is 58.3 Å². The Morgan fingerprint density at radius 2 is 1.45 bits per heavy atom. The number of nitrogens with zero attached hydrogens (tertiary/aromatic N) is 1. The van der Waals surface area contributed by atoms with E-state index >= 15 is 0 Å². The minimum atomic E-state index is -0.0156. The normalized spacial score (nSPS) is 14.9. The minimum absolute atomic E-state index is 0.0156. The number of alkyl halides is 1. The number of anilines is 2. The molecule has 1 heterocycles. The van der Waals surface area contributed by atoms with E-state index in [2.05, 4.69) is 67.3 Å². The molecule has 1 aliphatic heterocycles. The number of hydrogen-bond acceptors (Lipinski definition) is 2. The summed E-state index contributed by atoms with van der Waals surface area (Å²) in [7, 11) is 0. The third kappa shape index (κ3) is 2.55. The summed E-state index contributed by atoms with van der Waals surface area (Å²) >= 11 is 8.55. The highest BCUT2D eigenvalue weighted by molar-refractivity contribution is 7.99. The molecule has 0 spiro atoms. The van der Waals surface area contributed by atoms with Gasteiger partial charge in [-0.05, 0) is 36.6 Å². The summed E-state index contributed by atoms with van der Waals surface area (Å²) in [4.78, 5) is 4.84. The molecular weight excluding hydrogens is 286 g/mol. The first-order valence-corrected chi connectivity index (χ1v) is 8.21. The smallest absolute Gasteiger partial charge is 0.109 e. The Kier molecular flexibility index (Phi) is 3.95. The summed E-state index contributed by atoms with van der Waals surface area (Å²) in [5.41, 5.74) is 2.42. The first-order valence-electron chi connectivity index (χ1n) is 6.96. The van der Waals surface area contributed by atoms with Gasteiger partial charge in [0.05, 0.1) is 11.4 Å². The molecule has 1 atom stereocenters. The molecule has 0 aliphatic carbocycles. The Morgan fingerprint density at radius 1 is 0.950 bits per heavy atom. The standard InChI is InChI=1S/C17H18ClNS/c1-12(2)11-17(18)19-13-7-3-5-9-15(13)20-16-10-6-4-8-14(16)19/h3-10,12,17H,11H2,1-2H3. The fraction of sp³-hybridized carbons (Fsp3) is 0.294. The zero-order valence-corrected chi connectivity index (χ0v) is 13.3. The molecule has 1 unspecified atom stereocenters. The second kappa shape index (κ2) is 5.71. The zero-order chi connectivity index (χ0) is 14.1. The number of benzene rings is 2. The van der Waals surface area contributed by atoms with Crippen molar-refractivity contribution in [2.75, 3.05) is 4.90 Å². The quantitative estimate of drug-likeness (QED) is 0.513. The van der Waals surface area contributed by atoms with Gasteiger partial charge in [0.15, 0.2) is 0 Å². The lowest BCUT2D eigenvalue weighted by atomic mass is 10.1. The lowest BCUT2D eigenvalue weighted by molar-refractivity contribution is 0.563. The van der Waals surface area contributed by atoms with Crippen molar-refractivity contribution >= 4 is 34.7 Å². The van der Waals surface area contributed by atoms with E-state index in [0.717, 1.165) is 6.42 Å². The SMILES string of the molecule is CC(C)CC(Cl)N1c2ccccc2Sc2ccccc21. The van der Waals surface area contributed by atoms with Crippen LogP contribution in [0.2, 0.25) is 0 Å². The molecule has 0 saturated heterocycles. The summed E-state index contributed by atoms with van der Waals surface area (Å²) in [6.45, 7) is 4.43. The molecule has 0 N–H and O–H groups in total. The average Bonchev–Trinajstić information content (AvgIpc) is 2.43. The summed E-state index contributed by atoms with van der Waals surface area (Å²) in [5.74, 6) is 0.575. The van der Waals surface area contributed by atoms with Crippen molar-refractivity contribution in [3.05, 3.63) is 48.5 Å². The molecular formula is C17H18ClNS. The number of hydrogen-bond donors (Lipinski definition) is 0. The molecule has 0 saturated carbocycles. The van der Waals surface area contributed by atoms with Gasteiger partial charge < -0.3 is 4.90 Å². The molecule has 0 aromatic heterocycles. The van der Waals surface area contributed by atoms with Crippen LogP contribution in [-0.4, -0.2) is 5.50 Å². The second-order valence-corrected chi connectivity index (χ2v) is 7.06. The topological polar surface area (TPSA) is 3.24 Å². The first-order chi connectivity index (χ1) is 9.66. The Labute approximate surface area is 129 Å². The fourth-order valence-corrected chi connectivity index (χ4v) is 4.17. The predicted molar refractivity (Wildman–Crippen MR) is 88.2 cm³/mol. The summed E-state index contributed by atoms with van der Waals surface area (Å²) in [6.07, 6.45) is 0.967. The van der Waals surface area contributed by atoms with Crippen LogP contribution in [0.25, 0.3) is 0 Å². The van der Waals surface area contributed by atoms with Crippen molar-refractivity contribution < 1.29 is 0 Å². The zero-order valence-electron chi connectivity index (χ0n) is 11.7. The van der Waals surface area contributed by atoms with Gasteiger partial charge in [0.1, 0.15) is 5.50 Å². The molecule has 3 rings (SSSR count). The van der Waals surface area contributed by atoms with Crippen LogP contribution in [0.5, 0.6) is 0 Å². The highest BCUT2D eigenvalue weighted by atomic mass is 35.5. The van der Waals surface area contributed by atoms with E-state index in [-0.39, 0.29) is 5.50 Å². The monoisotopic (exact) mass is 303 g/mol. The van der Waals surface area contributed by atoms with Gasteiger partial charge in [-0.1, -0.05) is 61.5 Å². The number of halogens is 1. The molecule has 2 aromatic rings. The van der Waals surface area contributed by atoms with Gasteiger partial charge >= 0.3 is 0 Å². The fourth-order valence-electron chi connectivity index (χ4n) is 2.53. The molecule has 0 amide bonds. The molecule has 0 radical (unpaired) electrons. The molecule has 0 bridgehead atoms. The number of rotatable bonds is 3. The number of para-hydroxylation sites is 2. The van der Waals surface area contributed by atoms with E-state index in [1.165, 1.54) is 21.2 Å². The second-order valence-electron chi connectivity index (χ2n) is 5.47. The van der Waals surface area contributed by atoms with E-state index < -0.39 is 0 Å². The van der Waals surface area contributed by atoms with Crippen LogP contribution in [0.1, 0.15) is 20.3 Å². The molecule has 2 aromatic carbocycles. The maximum atomic E-state index is 6.73. The van der Waals surface area contributed by atoms with E-state index in [1.54, 1.807) is 0 Å². The molecule has 20 heavy (non-hydrogen) atoms. The van der Waals surface area contributed by atoms with Gasteiger partial charge in [-0.15, -0.1) is 0 Å². The van der Waals surface area contributed by atoms with Crippen LogP contribution in [-0.2, 0) is 0 Å². The van der Waals surface area contributed by atoms with Gasteiger partial charge in [0.25, 0.3) is 0 Å². The predicted octanol–water partition coefficient (Wildman–Crippen LogP) is 5.90. The van der Waals surface area contributed by atoms with Crippen molar-refractivity contribution in [1.29, 1.82) is 0 Å². The van der Waals surface area contributed by atoms with Gasteiger partial charge in [-0.25, -0.2) is 0 Å². The van der Waals surface area contributed by atoms with Crippen molar-refractivity contribution in [3.63, 3.8) is 0 Å². The van der Waals surface area contributed by atoms with Crippen molar-refractivity contribution in [1.82, 2.24) is 0 Å². The maximum Gasteiger partial charge on any atom is 0.109 e. The van der Waals surface area contributed by atoms with Crippen LogP contribution in [0, 0.1) is 5.92 Å². The van der Waals surface area contributed by atoms with Crippen molar-refractivity contribution in [3.8, 4) is 0 Å². The molecule has 0 fully saturated rings. The highest BCUT2D eigenvalue weighted by Gasteiger charge is 2.27. The van der Waals surface area contributed by atoms with E-state index in [4.69, 9.17) is 11.6 Å². The minimum Gasteiger partial charge on any atom is -0.322 e. The van der Waals surface area contributed by atoms with Crippen LogP contribution < -0.4 is 4.90 Å². The summed E-state index contributed by atoms with van der Waals surface area (Å²) in [6, 6.07) is 17.0. The Balaban J connectivity index is 2.07. The Hall–Kier alpha value is -1.12. The average molecular weight is 304 g/mol. The van der Waals surface area contributed by atoms with Crippen LogP contribution >= 0.6 is 23.4 Å². The lowest BCUT2D eigenvalue weighted by Crippen LogP contribution is -2.29. The van der Waals surface area contributed by atoms with Gasteiger partial charge in [0.2, 0.25) is 0 Å². The summed E-state index contributed by atoms with van der Waals surface area (Å²) < 4.78 is 0. The molecule has 1 aliphatic rings. The third-order valence-corrected chi connectivity index (χ3v) is 4.92. The van der Waals surface area contributed by atoms with E-state index in [0.29, 0.717) is 5.92 Å². The molecule has 3 heteroatoms. The Bertz CT molecular complexity index is 566. The van der Waals surface area contributed by atoms with Crippen molar-refractivity contribution in [2.24, 2.45) is 5.92 Å². The van der Waals surface area contributed by atoms with Crippen LogP contribution in [0.4, 0.5) is 11.4 Å². The third-order valence-electron chi connectivity index (χ3n) is 3.42. The molecule has 104 valence electrons. The van der Waals surface area contributed by atoms with Gasteiger partial charge in [0, 0.05) is 9.79 Å². The van der Waals surface area contributed by atoms with E-state index in [1.807, 2.05) is 11.8 Å². The van der Waals surface area contributed by atoms with Crippen molar-refractivity contribution in [2.45, 2.75) is 35.6 Å². The number of fused-ring (bicyclic) bond motifs is 2. The Morgan fingerprint density at radius 3 is 1.95 bits per heavy atom. The largest absolute Gasteiger partial charge is 0.322 e. The van der Waals surface area contributed by atoms with Gasteiger partial charge in [-0.3, -0.25) is 0 Å². The highest BCUT2D eigenvalue weighted by Crippen LogP contribution is 2.49.